The molecule has 3 rings (SSSR count). The van der Waals surface area contributed by atoms with Crippen molar-refractivity contribution in [1.82, 2.24) is 5.32 Å². The second kappa shape index (κ2) is 4.44. The lowest BCUT2D eigenvalue weighted by molar-refractivity contribution is 0.559. The third kappa shape index (κ3) is 2.10. The molecule has 0 atom stereocenters. The van der Waals surface area contributed by atoms with E-state index in [1.165, 1.54) is 16.3 Å². The van der Waals surface area contributed by atoms with Crippen LogP contribution in [0.2, 0.25) is 0 Å². The Morgan fingerprint density at radius 3 is 2.67 bits per heavy atom. The molecule has 0 heterocycles. The smallest absolute Gasteiger partial charge is 0.0703 e. The minimum absolute atomic E-state index is 0.0649. The van der Waals surface area contributed by atoms with E-state index in [9.17, 15) is 0 Å². The Balaban J connectivity index is 1.73. The van der Waals surface area contributed by atoms with Gasteiger partial charge in [0.2, 0.25) is 0 Å². The van der Waals surface area contributed by atoms with Gasteiger partial charge in [-0.25, -0.2) is 0 Å². The molecule has 1 N–H and O–H groups in total. The Bertz CT molecular complexity index is 601. The van der Waals surface area contributed by atoms with E-state index in [-0.39, 0.29) is 5.41 Å². The molecule has 1 aliphatic carbocycles. The number of nitrogens with zero attached hydrogens (tertiary/aromatic N) is 1. The number of rotatable bonds is 4. The minimum atomic E-state index is -0.0649. The lowest BCUT2D eigenvalue weighted by Crippen LogP contribution is -2.22. The van der Waals surface area contributed by atoms with Gasteiger partial charge < -0.3 is 5.32 Å². The van der Waals surface area contributed by atoms with Crippen LogP contribution in [0.25, 0.3) is 10.8 Å². The van der Waals surface area contributed by atoms with Crippen LogP contribution in [0.15, 0.2) is 42.5 Å². The molecule has 0 unspecified atom stereocenters. The molecule has 18 heavy (non-hydrogen) atoms. The van der Waals surface area contributed by atoms with Crippen LogP contribution < -0.4 is 5.32 Å². The molecule has 0 bridgehead atoms. The first-order valence-corrected chi connectivity index (χ1v) is 6.42. The van der Waals surface area contributed by atoms with Gasteiger partial charge in [0.25, 0.3) is 0 Å². The zero-order valence-electron chi connectivity index (χ0n) is 10.3. The summed E-state index contributed by atoms with van der Waals surface area (Å²) in [5.74, 6) is 0. The molecule has 0 spiro atoms. The maximum absolute atomic E-state index is 9.04. The number of hydrogen-bond donors (Lipinski definition) is 1. The van der Waals surface area contributed by atoms with Crippen LogP contribution in [0.1, 0.15) is 18.4 Å². The van der Waals surface area contributed by atoms with Crippen molar-refractivity contribution < 1.29 is 0 Å². The van der Waals surface area contributed by atoms with Crippen LogP contribution in [0.3, 0.4) is 0 Å². The summed E-state index contributed by atoms with van der Waals surface area (Å²) in [5, 5.41) is 15.0. The van der Waals surface area contributed by atoms with Crippen molar-refractivity contribution >= 4 is 10.8 Å². The summed E-state index contributed by atoms with van der Waals surface area (Å²) in [6, 6.07) is 17.2. The maximum Gasteiger partial charge on any atom is 0.0703 e. The Labute approximate surface area is 107 Å². The number of hydrogen-bond acceptors (Lipinski definition) is 2. The molecule has 0 amide bonds. The van der Waals surface area contributed by atoms with Crippen molar-refractivity contribution in [2.75, 3.05) is 6.54 Å². The van der Waals surface area contributed by atoms with Crippen molar-refractivity contribution in [1.29, 1.82) is 5.26 Å². The fraction of sp³-hybridized carbons (Fsp3) is 0.312. The largest absolute Gasteiger partial charge is 0.311 e. The number of nitriles is 1. The van der Waals surface area contributed by atoms with E-state index in [0.717, 1.165) is 25.9 Å². The highest BCUT2D eigenvalue weighted by Crippen LogP contribution is 2.44. The monoisotopic (exact) mass is 236 g/mol. The molecule has 2 heteroatoms. The van der Waals surface area contributed by atoms with Crippen LogP contribution in [-0.4, -0.2) is 6.54 Å². The Morgan fingerprint density at radius 1 is 1.11 bits per heavy atom. The van der Waals surface area contributed by atoms with E-state index in [1.54, 1.807) is 0 Å². The predicted molar refractivity (Wildman–Crippen MR) is 72.9 cm³/mol. The maximum atomic E-state index is 9.04. The fourth-order valence-electron chi connectivity index (χ4n) is 2.36. The fourth-order valence-corrected chi connectivity index (χ4v) is 2.36. The molecule has 0 aliphatic heterocycles. The number of nitrogens with one attached hydrogen (secondary N) is 1. The third-order valence-corrected chi connectivity index (χ3v) is 3.75. The lowest BCUT2D eigenvalue weighted by atomic mass is 10.0. The van der Waals surface area contributed by atoms with Gasteiger partial charge in [0, 0.05) is 13.1 Å². The molecule has 90 valence electrons. The van der Waals surface area contributed by atoms with Gasteiger partial charge in [0.05, 0.1) is 11.5 Å². The molecule has 2 nitrogen and oxygen atoms in total. The minimum Gasteiger partial charge on any atom is -0.311 e. The van der Waals surface area contributed by atoms with Crippen molar-refractivity contribution in [3.8, 4) is 6.07 Å². The average molecular weight is 236 g/mol. The molecule has 2 aromatic rings. The van der Waals surface area contributed by atoms with Gasteiger partial charge in [-0.05, 0) is 29.2 Å². The summed E-state index contributed by atoms with van der Waals surface area (Å²) < 4.78 is 0. The molecule has 1 fully saturated rings. The first-order chi connectivity index (χ1) is 8.83. The second-order valence-electron chi connectivity index (χ2n) is 5.13. The van der Waals surface area contributed by atoms with E-state index in [0.29, 0.717) is 0 Å². The first kappa shape index (κ1) is 11.3. The molecule has 0 radical (unpaired) electrons. The Morgan fingerprint density at radius 2 is 1.89 bits per heavy atom. The van der Waals surface area contributed by atoms with E-state index < -0.39 is 0 Å². The Kier molecular flexibility index (Phi) is 2.77. The second-order valence-corrected chi connectivity index (χ2v) is 5.13. The van der Waals surface area contributed by atoms with Crippen molar-refractivity contribution in [3.05, 3.63) is 48.0 Å². The van der Waals surface area contributed by atoms with Crippen LogP contribution in [0.4, 0.5) is 0 Å². The van der Waals surface area contributed by atoms with Crippen molar-refractivity contribution in [3.63, 3.8) is 0 Å². The highest BCUT2D eigenvalue weighted by atomic mass is 14.9. The SMILES string of the molecule is N#CC1(CNCc2cccc3ccccc23)CC1. The standard InChI is InChI=1S/C16H16N2/c17-11-16(8-9-16)12-18-10-14-6-3-5-13-4-1-2-7-15(13)14/h1-7,18H,8-10,12H2. The summed E-state index contributed by atoms with van der Waals surface area (Å²) in [6.07, 6.45) is 2.10. The van der Waals surface area contributed by atoms with Gasteiger partial charge in [0.15, 0.2) is 0 Å². The summed E-state index contributed by atoms with van der Waals surface area (Å²) in [7, 11) is 0. The lowest BCUT2D eigenvalue weighted by Gasteiger charge is -2.10. The molecule has 0 saturated heterocycles. The molecule has 1 aliphatic rings. The van der Waals surface area contributed by atoms with Crippen LogP contribution in [-0.2, 0) is 6.54 Å². The van der Waals surface area contributed by atoms with E-state index >= 15 is 0 Å². The molecule has 1 saturated carbocycles. The van der Waals surface area contributed by atoms with Crippen LogP contribution >= 0.6 is 0 Å². The average Bonchev–Trinajstić information content (AvgIpc) is 3.20. The zero-order valence-corrected chi connectivity index (χ0v) is 10.3. The quantitative estimate of drug-likeness (QED) is 0.884. The van der Waals surface area contributed by atoms with Crippen molar-refractivity contribution in [2.24, 2.45) is 5.41 Å². The topological polar surface area (TPSA) is 35.8 Å². The Hall–Kier alpha value is -1.85. The predicted octanol–water partition coefficient (Wildman–Crippen LogP) is 3.23. The number of benzene rings is 2. The normalized spacial score (nSPS) is 16.4. The van der Waals surface area contributed by atoms with Gasteiger partial charge >= 0.3 is 0 Å². The van der Waals surface area contributed by atoms with Gasteiger partial charge in [0.1, 0.15) is 0 Å². The van der Waals surface area contributed by atoms with E-state index in [2.05, 4.69) is 53.9 Å². The summed E-state index contributed by atoms with van der Waals surface area (Å²) in [4.78, 5) is 0. The zero-order chi connectivity index (χ0) is 12.4. The highest BCUT2D eigenvalue weighted by Gasteiger charge is 2.42. The van der Waals surface area contributed by atoms with Gasteiger partial charge in [-0.3, -0.25) is 0 Å². The summed E-state index contributed by atoms with van der Waals surface area (Å²) in [5.41, 5.74) is 1.24. The van der Waals surface area contributed by atoms with Crippen LogP contribution in [0, 0.1) is 16.7 Å². The third-order valence-electron chi connectivity index (χ3n) is 3.75. The van der Waals surface area contributed by atoms with Gasteiger partial charge in [-0.15, -0.1) is 0 Å². The van der Waals surface area contributed by atoms with Crippen molar-refractivity contribution in [2.45, 2.75) is 19.4 Å². The summed E-state index contributed by atoms with van der Waals surface area (Å²) >= 11 is 0. The molecular formula is C16H16N2. The van der Waals surface area contributed by atoms with Gasteiger partial charge in [-0.2, -0.15) is 5.26 Å². The van der Waals surface area contributed by atoms with Gasteiger partial charge in [-0.1, -0.05) is 42.5 Å². The summed E-state index contributed by atoms with van der Waals surface area (Å²) in [6.45, 7) is 1.65. The molecule has 2 aromatic carbocycles. The van der Waals surface area contributed by atoms with E-state index in [1.807, 2.05) is 0 Å². The molecular weight excluding hydrogens is 220 g/mol. The first-order valence-electron chi connectivity index (χ1n) is 6.42. The number of fused-ring (bicyclic) bond motifs is 1. The molecule has 0 aromatic heterocycles. The highest BCUT2D eigenvalue weighted by molar-refractivity contribution is 5.85. The van der Waals surface area contributed by atoms with E-state index in [4.69, 9.17) is 5.26 Å². The van der Waals surface area contributed by atoms with Crippen LogP contribution in [0.5, 0.6) is 0 Å².